The monoisotopic (exact) mass is 962 g/mol. The lowest BCUT2D eigenvalue weighted by Gasteiger charge is -2.12. The first kappa shape index (κ1) is 48.2. The Balaban J connectivity index is 0.859. The SMILES string of the molecule is CCOc1ccc(C(=NCOc2ccc(C(=NCOc3ccc(C(=NCOc4ccc(C(=Nc5ccc(Cl)cc5)c5ccccc5)cc4)c4ccccc4)cc3)c3ccccc3)cc2)c2ccccc2)cc1. The summed E-state index contributed by atoms with van der Waals surface area (Å²) >= 11 is 6.15. The quantitative estimate of drug-likeness (QED) is 0.0712. The van der Waals surface area contributed by atoms with Crippen molar-refractivity contribution < 1.29 is 18.9 Å². The van der Waals surface area contributed by atoms with Crippen molar-refractivity contribution in [3.05, 3.63) is 292 Å². The van der Waals surface area contributed by atoms with Crippen molar-refractivity contribution in [1.29, 1.82) is 0 Å². The van der Waals surface area contributed by atoms with E-state index in [4.69, 9.17) is 50.5 Å². The van der Waals surface area contributed by atoms with E-state index < -0.39 is 0 Å². The number of benzene rings is 9. The van der Waals surface area contributed by atoms with Crippen LogP contribution in [0.4, 0.5) is 5.69 Å². The Morgan fingerprint density at radius 2 is 0.569 bits per heavy atom. The van der Waals surface area contributed by atoms with Gasteiger partial charge in [-0.1, -0.05) is 133 Å². The molecule has 0 aliphatic carbocycles. The van der Waals surface area contributed by atoms with E-state index in [9.17, 15) is 0 Å². The Labute approximate surface area is 426 Å². The second kappa shape index (κ2) is 24.6. The summed E-state index contributed by atoms with van der Waals surface area (Å²) in [6.45, 7) is 2.95. The number of halogens is 1. The molecule has 72 heavy (non-hydrogen) atoms. The fraction of sp³-hybridized carbons (Fsp3) is 0.0794. The third-order valence-electron chi connectivity index (χ3n) is 11.4. The Morgan fingerprint density at radius 3 is 0.875 bits per heavy atom. The van der Waals surface area contributed by atoms with E-state index in [-0.39, 0.29) is 20.2 Å². The van der Waals surface area contributed by atoms with Gasteiger partial charge in [-0.2, -0.15) is 0 Å². The summed E-state index contributed by atoms with van der Waals surface area (Å²) in [5.74, 6) is 2.89. The van der Waals surface area contributed by atoms with Crippen LogP contribution in [-0.2, 0) is 0 Å². The normalized spacial score (nSPS) is 12.0. The lowest BCUT2D eigenvalue weighted by atomic mass is 10.0. The van der Waals surface area contributed by atoms with E-state index in [1.165, 1.54) is 0 Å². The molecular weight excluding hydrogens is 912 g/mol. The maximum atomic E-state index is 6.23. The Bertz CT molecular complexity index is 3240. The molecule has 0 bridgehead atoms. The standard InChI is InChI=1S/C63H51ClN4O4/c1-2-69-56-35-23-50(24-36-56)60(46-15-7-3-8-16-46)65-43-70-57-37-25-51(26-38-57)61(47-17-9-4-10-18-47)66-44-71-58-39-27-52(28-40-58)62(48-19-11-5-12-20-48)67-45-72-59-41-29-53(30-42-59)63(49-21-13-6-14-22-49)68-55-33-31-54(64)32-34-55/h3-42H,2,43-45H2,1H3. The summed E-state index contributed by atoms with van der Waals surface area (Å²) in [6, 6.07) is 79.6. The van der Waals surface area contributed by atoms with Crippen LogP contribution in [0.1, 0.15) is 51.4 Å². The first-order valence-corrected chi connectivity index (χ1v) is 24.1. The van der Waals surface area contributed by atoms with Crippen molar-refractivity contribution in [3.8, 4) is 23.0 Å². The van der Waals surface area contributed by atoms with Gasteiger partial charge in [-0.3, -0.25) is 0 Å². The number of rotatable bonds is 20. The summed E-state index contributed by atoms with van der Waals surface area (Å²) in [6.07, 6.45) is 0. The Morgan fingerprint density at radius 1 is 0.306 bits per heavy atom. The van der Waals surface area contributed by atoms with Crippen LogP contribution in [0, 0.1) is 0 Å². The number of hydrogen-bond donors (Lipinski definition) is 0. The molecule has 0 amide bonds. The van der Waals surface area contributed by atoms with Crippen molar-refractivity contribution in [2.75, 3.05) is 26.8 Å². The highest BCUT2D eigenvalue weighted by Gasteiger charge is 2.13. The second-order valence-electron chi connectivity index (χ2n) is 16.3. The maximum Gasteiger partial charge on any atom is 0.179 e. The predicted octanol–water partition coefficient (Wildman–Crippen LogP) is 14.5. The zero-order valence-electron chi connectivity index (χ0n) is 39.7. The molecule has 0 fully saturated rings. The molecule has 0 unspecified atom stereocenters. The van der Waals surface area contributed by atoms with Crippen LogP contribution in [0.25, 0.3) is 0 Å². The summed E-state index contributed by atoms with van der Waals surface area (Å²) in [7, 11) is 0. The van der Waals surface area contributed by atoms with Crippen molar-refractivity contribution in [3.63, 3.8) is 0 Å². The van der Waals surface area contributed by atoms with E-state index in [0.717, 1.165) is 78.8 Å². The molecular formula is C63H51ClN4O4. The number of nitrogens with zero attached hydrogens (tertiary/aromatic N) is 4. The molecule has 0 saturated carbocycles. The van der Waals surface area contributed by atoms with Gasteiger partial charge in [-0.25, -0.2) is 20.0 Å². The zero-order chi connectivity index (χ0) is 49.2. The van der Waals surface area contributed by atoms with E-state index in [2.05, 4.69) is 12.1 Å². The largest absolute Gasteiger partial charge is 0.494 e. The van der Waals surface area contributed by atoms with E-state index in [1.807, 2.05) is 237 Å². The Kier molecular flexibility index (Phi) is 16.5. The highest BCUT2D eigenvalue weighted by atomic mass is 35.5. The van der Waals surface area contributed by atoms with Crippen LogP contribution in [-0.4, -0.2) is 49.6 Å². The van der Waals surface area contributed by atoms with Crippen molar-refractivity contribution in [2.24, 2.45) is 20.0 Å². The van der Waals surface area contributed by atoms with Crippen molar-refractivity contribution >= 4 is 40.1 Å². The summed E-state index contributed by atoms with van der Waals surface area (Å²) in [4.78, 5) is 19.8. The lowest BCUT2D eigenvalue weighted by molar-refractivity contribution is 0.331. The first-order chi connectivity index (χ1) is 35.6. The topological polar surface area (TPSA) is 86.4 Å². The average molecular weight is 964 g/mol. The summed E-state index contributed by atoms with van der Waals surface area (Å²) in [5, 5.41) is 0.667. The van der Waals surface area contributed by atoms with Gasteiger partial charge in [0.05, 0.1) is 35.1 Å². The van der Waals surface area contributed by atoms with Crippen LogP contribution >= 0.6 is 11.6 Å². The fourth-order valence-electron chi connectivity index (χ4n) is 7.89. The zero-order valence-corrected chi connectivity index (χ0v) is 40.5. The molecule has 9 rings (SSSR count). The van der Waals surface area contributed by atoms with E-state index >= 15 is 0 Å². The number of ether oxygens (including phenoxy) is 4. The number of hydrogen-bond acceptors (Lipinski definition) is 8. The predicted molar refractivity (Wildman–Crippen MR) is 293 cm³/mol. The molecule has 0 spiro atoms. The highest BCUT2D eigenvalue weighted by Crippen LogP contribution is 2.24. The van der Waals surface area contributed by atoms with Gasteiger partial charge in [0.1, 0.15) is 23.0 Å². The minimum Gasteiger partial charge on any atom is -0.494 e. The van der Waals surface area contributed by atoms with Crippen molar-refractivity contribution in [1.82, 2.24) is 0 Å². The Hall–Kier alpha value is -8.85. The van der Waals surface area contributed by atoms with Gasteiger partial charge in [-0.05, 0) is 128 Å². The molecule has 0 aliphatic heterocycles. The van der Waals surface area contributed by atoms with Crippen LogP contribution in [0.5, 0.6) is 23.0 Å². The molecule has 9 aromatic rings. The molecule has 9 heteroatoms. The summed E-state index contributed by atoms with van der Waals surface area (Å²) < 4.78 is 24.2. The molecule has 0 N–H and O–H groups in total. The highest BCUT2D eigenvalue weighted by molar-refractivity contribution is 6.30. The molecule has 0 aromatic heterocycles. The van der Waals surface area contributed by atoms with Crippen LogP contribution in [0.3, 0.4) is 0 Å². The maximum absolute atomic E-state index is 6.23. The molecule has 0 aliphatic rings. The molecule has 354 valence electrons. The molecule has 0 heterocycles. The smallest absolute Gasteiger partial charge is 0.179 e. The third-order valence-corrected chi connectivity index (χ3v) is 11.7. The van der Waals surface area contributed by atoms with Gasteiger partial charge in [0.25, 0.3) is 0 Å². The van der Waals surface area contributed by atoms with Crippen molar-refractivity contribution in [2.45, 2.75) is 6.92 Å². The van der Waals surface area contributed by atoms with Gasteiger partial charge in [-0.15, -0.1) is 0 Å². The minimum absolute atomic E-state index is 0.108. The van der Waals surface area contributed by atoms with Gasteiger partial charge < -0.3 is 18.9 Å². The minimum atomic E-state index is 0.108. The summed E-state index contributed by atoms with van der Waals surface area (Å²) in [5.41, 5.74) is 11.8. The number of aliphatic imine (C=N–C) groups is 4. The van der Waals surface area contributed by atoms with E-state index in [0.29, 0.717) is 28.9 Å². The second-order valence-corrected chi connectivity index (χ2v) is 16.7. The van der Waals surface area contributed by atoms with Gasteiger partial charge in [0, 0.05) is 49.5 Å². The average Bonchev–Trinajstić information content (AvgIpc) is 3.44. The fourth-order valence-corrected chi connectivity index (χ4v) is 8.02. The molecule has 0 radical (unpaired) electrons. The van der Waals surface area contributed by atoms with Crippen LogP contribution in [0.15, 0.2) is 263 Å². The lowest BCUT2D eigenvalue weighted by Crippen LogP contribution is -2.08. The van der Waals surface area contributed by atoms with Gasteiger partial charge in [0.2, 0.25) is 0 Å². The van der Waals surface area contributed by atoms with Crippen LogP contribution in [0.2, 0.25) is 5.02 Å². The molecule has 9 aromatic carbocycles. The molecule has 0 atom stereocenters. The molecule has 8 nitrogen and oxygen atoms in total. The van der Waals surface area contributed by atoms with Gasteiger partial charge >= 0.3 is 0 Å². The molecule has 0 saturated heterocycles. The third kappa shape index (κ3) is 13.1. The van der Waals surface area contributed by atoms with Gasteiger partial charge in [0.15, 0.2) is 20.2 Å². The van der Waals surface area contributed by atoms with E-state index in [1.54, 1.807) is 0 Å². The first-order valence-electron chi connectivity index (χ1n) is 23.7. The van der Waals surface area contributed by atoms with Crippen LogP contribution < -0.4 is 18.9 Å².